The van der Waals surface area contributed by atoms with Crippen LogP contribution in [0.15, 0.2) is 54.6 Å². The predicted molar refractivity (Wildman–Crippen MR) is 113 cm³/mol. The molecule has 2 atom stereocenters. The van der Waals surface area contributed by atoms with Gasteiger partial charge in [0, 0.05) is 31.7 Å². The minimum absolute atomic E-state index is 0.00740. The molecule has 29 heavy (non-hydrogen) atoms. The van der Waals surface area contributed by atoms with Gasteiger partial charge in [0.05, 0.1) is 38.5 Å². The van der Waals surface area contributed by atoms with Crippen LogP contribution in [0.3, 0.4) is 0 Å². The molecule has 2 heterocycles. The highest BCUT2D eigenvalue weighted by atomic mass is 16.5. The minimum atomic E-state index is -0.248. The Balaban J connectivity index is 1.74. The van der Waals surface area contributed by atoms with Gasteiger partial charge in [-0.15, -0.1) is 0 Å². The molecule has 0 radical (unpaired) electrons. The second-order valence-corrected chi connectivity index (χ2v) is 7.83. The van der Waals surface area contributed by atoms with Crippen molar-refractivity contribution in [2.24, 2.45) is 0 Å². The number of ketones is 1. The lowest BCUT2D eigenvalue weighted by Gasteiger charge is -2.44. The zero-order chi connectivity index (χ0) is 20.1. The SMILES string of the molecule is Cc1ccc(C(=O)[C@H]([C@@H](c2ccccc2)N2CCOCC2)N2CCOCC2)cc1. The summed E-state index contributed by atoms with van der Waals surface area (Å²) in [6.07, 6.45) is 0. The van der Waals surface area contributed by atoms with Gasteiger partial charge < -0.3 is 9.47 Å². The molecule has 2 aliphatic heterocycles. The number of aryl methyl sites for hydroxylation is 1. The molecule has 0 saturated carbocycles. The van der Waals surface area contributed by atoms with Crippen molar-refractivity contribution in [1.29, 1.82) is 0 Å². The molecule has 2 aromatic rings. The second kappa shape index (κ2) is 9.63. The van der Waals surface area contributed by atoms with Crippen molar-refractivity contribution < 1.29 is 14.3 Å². The van der Waals surface area contributed by atoms with Crippen molar-refractivity contribution in [2.45, 2.75) is 19.0 Å². The molecular formula is C24H30N2O3. The smallest absolute Gasteiger partial charge is 0.181 e. The average Bonchev–Trinajstić information content (AvgIpc) is 2.79. The highest BCUT2D eigenvalue weighted by molar-refractivity contribution is 6.00. The van der Waals surface area contributed by atoms with Crippen molar-refractivity contribution in [2.75, 3.05) is 52.6 Å². The van der Waals surface area contributed by atoms with Gasteiger partial charge in [-0.2, -0.15) is 0 Å². The van der Waals surface area contributed by atoms with E-state index in [1.54, 1.807) is 0 Å². The normalized spacial score (nSPS) is 20.9. The van der Waals surface area contributed by atoms with Crippen LogP contribution < -0.4 is 0 Å². The first-order valence-corrected chi connectivity index (χ1v) is 10.5. The summed E-state index contributed by atoms with van der Waals surface area (Å²) in [6, 6.07) is 18.2. The quantitative estimate of drug-likeness (QED) is 0.705. The molecule has 0 N–H and O–H groups in total. The Morgan fingerprint density at radius 2 is 1.34 bits per heavy atom. The number of rotatable bonds is 6. The van der Waals surface area contributed by atoms with Gasteiger partial charge in [-0.1, -0.05) is 60.2 Å². The van der Waals surface area contributed by atoms with Gasteiger partial charge in [0.1, 0.15) is 0 Å². The fourth-order valence-corrected chi connectivity index (χ4v) is 4.35. The number of hydrogen-bond acceptors (Lipinski definition) is 5. The third kappa shape index (κ3) is 4.75. The Morgan fingerprint density at radius 3 is 1.93 bits per heavy atom. The number of benzene rings is 2. The van der Waals surface area contributed by atoms with Crippen molar-refractivity contribution >= 4 is 5.78 Å². The van der Waals surface area contributed by atoms with Crippen LogP contribution in [0.2, 0.25) is 0 Å². The third-order valence-corrected chi connectivity index (χ3v) is 5.92. The molecule has 0 aromatic heterocycles. The Morgan fingerprint density at radius 1 is 0.793 bits per heavy atom. The van der Waals surface area contributed by atoms with E-state index in [0.29, 0.717) is 26.4 Å². The fourth-order valence-electron chi connectivity index (χ4n) is 4.35. The molecule has 0 unspecified atom stereocenters. The summed E-state index contributed by atoms with van der Waals surface area (Å²) >= 11 is 0. The summed E-state index contributed by atoms with van der Waals surface area (Å²) < 4.78 is 11.2. The number of Topliss-reactive ketones (excluding diaryl/α,β-unsaturated/α-hetero) is 1. The lowest BCUT2D eigenvalue weighted by Crippen LogP contribution is -2.55. The first-order chi connectivity index (χ1) is 14.2. The topological polar surface area (TPSA) is 42.0 Å². The summed E-state index contributed by atoms with van der Waals surface area (Å²) in [5.74, 6) is 0.187. The summed E-state index contributed by atoms with van der Waals surface area (Å²) in [7, 11) is 0. The first kappa shape index (κ1) is 20.2. The molecule has 0 aliphatic carbocycles. The lowest BCUT2D eigenvalue weighted by molar-refractivity contribution is -0.0301. The van der Waals surface area contributed by atoms with E-state index in [-0.39, 0.29) is 17.9 Å². The molecule has 2 aromatic carbocycles. The third-order valence-electron chi connectivity index (χ3n) is 5.92. The molecule has 2 fully saturated rings. The van der Waals surface area contributed by atoms with Gasteiger partial charge in [-0.05, 0) is 12.5 Å². The van der Waals surface area contributed by atoms with Gasteiger partial charge in [0.25, 0.3) is 0 Å². The van der Waals surface area contributed by atoms with Crippen LogP contribution in [0.5, 0.6) is 0 Å². The maximum Gasteiger partial charge on any atom is 0.181 e. The minimum Gasteiger partial charge on any atom is -0.379 e. The van der Waals surface area contributed by atoms with Crippen LogP contribution >= 0.6 is 0 Å². The molecular weight excluding hydrogens is 364 g/mol. The van der Waals surface area contributed by atoms with Crippen molar-refractivity contribution in [3.05, 3.63) is 71.3 Å². The van der Waals surface area contributed by atoms with E-state index >= 15 is 0 Å². The zero-order valence-corrected chi connectivity index (χ0v) is 17.1. The lowest BCUT2D eigenvalue weighted by atomic mass is 9.89. The average molecular weight is 395 g/mol. The number of nitrogens with zero attached hydrogens (tertiary/aromatic N) is 2. The molecule has 5 heteroatoms. The van der Waals surface area contributed by atoms with Gasteiger partial charge in [-0.3, -0.25) is 14.6 Å². The molecule has 0 spiro atoms. The number of ether oxygens (including phenoxy) is 2. The van der Waals surface area contributed by atoms with Gasteiger partial charge >= 0.3 is 0 Å². The van der Waals surface area contributed by atoms with Crippen LogP contribution in [-0.2, 0) is 9.47 Å². The Hall–Kier alpha value is -2.05. The highest BCUT2D eigenvalue weighted by Crippen LogP contribution is 2.31. The molecule has 0 bridgehead atoms. The van der Waals surface area contributed by atoms with Gasteiger partial charge in [0.2, 0.25) is 0 Å². The van der Waals surface area contributed by atoms with Crippen LogP contribution in [0, 0.1) is 6.92 Å². The number of morpholine rings is 2. The van der Waals surface area contributed by atoms with Crippen molar-refractivity contribution in [3.63, 3.8) is 0 Å². The molecule has 0 amide bonds. The molecule has 2 saturated heterocycles. The maximum atomic E-state index is 13.9. The number of carbonyl (C=O) groups is 1. The van der Waals surface area contributed by atoms with E-state index < -0.39 is 0 Å². The zero-order valence-electron chi connectivity index (χ0n) is 17.1. The predicted octanol–water partition coefficient (Wildman–Crippen LogP) is 2.95. The van der Waals surface area contributed by atoms with Crippen LogP contribution in [0.4, 0.5) is 0 Å². The van der Waals surface area contributed by atoms with Crippen LogP contribution in [-0.4, -0.2) is 74.2 Å². The fraction of sp³-hybridized carbons (Fsp3) is 0.458. The summed E-state index contributed by atoms with van der Waals surface area (Å²) in [6.45, 7) is 8.02. The van der Waals surface area contributed by atoms with Crippen molar-refractivity contribution in [3.8, 4) is 0 Å². The van der Waals surface area contributed by atoms with E-state index in [1.807, 2.05) is 37.3 Å². The van der Waals surface area contributed by atoms with Gasteiger partial charge in [-0.25, -0.2) is 0 Å². The second-order valence-electron chi connectivity index (χ2n) is 7.83. The highest BCUT2D eigenvalue weighted by Gasteiger charge is 2.39. The van der Waals surface area contributed by atoms with E-state index in [0.717, 1.165) is 37.3 Å². The summed E-state index contributed by atoms with van der Waals surface area (Å²) in [4.78, 5) is 18.6. The Labute approximate surface area is 173 Å². The Kier molecular flexibility index (Phi) is 6.72. The maximum absolute atomic E-state index is 13.9. The largest absolute Gasteiger partial charge is 0.379 e. The van der Waals surface area contributed by atoms with E-state index in [1.165, 1.54) is 5.56 Å². The molecule has 2 aliphatic rings. The number of carbonyl (C=O) groups excluding carboxylic acids is 1. The summed E-state index contributed by atoms with van der Waals surface area (Å²) in [5.41, 5.74) is 3.13. The van der Waals surface area contributed by atoms with Crippen LogP contribution in [0.1, 0.15) is 27.5 Å². The molecule has 5 nitrogen and oxygen atoms in total. The van der Waals surface area contributed by atoms with Crippen LogP contribution in [0.25, 0.3) is 0 Å². The van der Waals surface area contributed by atoms with E-state index in [9.17, 15) is 4.79 Å². The van der Waals surface area contributed by atoms with Crippen molar-refractivity contribution in [1.82, 2.24) is 9.80 Å². The van der Waals surface area contributed by atoms with E-state index in [4.69, 9.17) is 9.47 Å². The van der Waals surface area contributed by atoms with Gasteiger partial charge in [0.15, 0.2) is 5.78 Å². The monoisotopic (exact) mass is 394 g/mol. The number of hydrogen-bond donors (Lipinski definition) is 0. The van der Waals surface area contributed by atoms with E-state index in [2.05, 4.69) is 34.1 Å². The summed E-state index contributed by atoms with van der Waals surface area (Å²) in [5, 5.41) is 0. The first-order valence-electron chi connectivity index (χ1n) is 10.5. The molecule has 154 valence electrons. The Bertz CT molecular complexity index is 782. The standard InChI is InChI=1S/C24H30N2O3/c1-19-7-9-21(10-8-19)24(27)23(26-13-17-29-18-14-26)22(20-5-3-2-4-6-20)25-11-15-28-16-12-25/h2-10,22-23H,11-18H2,1H3/t22-,23+/m1/s1. The molecule has 4 rings (SSSR count).